The Kier molecular flexibility index (Phi) is 4.14. The zero-order valence-electron chi connectivity index (χ0n) is 11.3. The van der Waals surface area contributed by atoms with Crippen LogP contribution >= 0.6 is 11.3 Å². The first-order chi connectivity index (χ1) is 9.78. The lowest BCUT2D eigenvalue weighted by atomic mass is 9.91. The van der Waals surface area contributed by atoms with Gasteiger partial charge in [0.1, 0.15) is 10.5 Å². The molecule has 0 aromatic carbocycles. The third-order valence-corrected chi connectivity index (χ3v) is 4.81. The van der Waals surface area contributed by atoms with Gasteiger partial charge < -0.3 is 10.1 Å². The Morgan fingerprint density at radius 3 is 3.05 bits per heavy atom. The summed E-state index contributed by atoms with van der Waals surface area (Å²) in [6, 6.07) is 2.46. The Balaban J connectivity index is 1.79. The molecule has 108 valence electrons. The van der Waals surface area contributed by atoms with Crippen LogP contribution in [-0.4, -0.2) is 39.2 Å². The monoisotopic (exact) mass is 293 g/mol. The minimum atomic E-state index is -0.0456. The van der Waals surface area contributed by atoms with Gasteiger partial charge in [0.15, 0.2) is 0 Å². The van der Waals surface area contributed by atoms with E-state index in [0.29, 0.717) is 17.3 Å². The maximum atomic E-state index is 12.0. The molecule has 0 bridgehead atoms. The molecule has 0 saturated heterocycles. The number of fused-ring (bicyclic) bond motifs is 1. The number of aromatic amines is 1. The van der Waals surface area contributed by atoms with E-state index >= 15 is 0 Å². The van der Waals surface area contributed by atoms with Crippen molar-refractivity contribution in [3.8, 4) is 0 Å². The zero-order valence-corrected chi connectivity index (χ0v) is 12.2. The molecule has 3 rings (SSSR count). The van der Waals surface area contributed by atoms with E-state index in [-0.39, 0.29) is 12.2 Å². The average molecular weight is 293 g/mol. The first kappa shape index (κ1) is 13.7. The van der Waals surface area contributed by atoms with E-state index < -0.39 is 0 Å². The third-order valence-electron chi connectivity index (χ3n) is 3.91. The molecule has 1 saturated carbocycles. The molecule has 20 heavy (non-hydrogen) atoms. The van der Waals surface area contributed by atoms with E-state index in [1.807, 2.05) is 11.4 Å². The summed E-state index contributed by atoms with van der Waals surface area (Å²) in [6.07, 6.45) is 4.45. The van der Waals surface area contributed by atoms with Crippen LogP contribution in [0.4, 0.5) is 0 Å². The molecule has 2 N–H and O–H groups in total. The van der Waals surface area contributed by atoms with Crippen molar-refractivity contribution in [2.75, 3.05) is 13.2 Å². The first-order valence-electron chi connectivity index (χ1n) is 7.09. The smallest absolute Gasteiger partial charge is 0.268 e. The van der Waals surface area contributed by atoms with Crippen molar-refractivity contribution in [2.45, 2.75) is 38.3 Å². The fraction of sp³-hybridized carbons (Fsp3) is 0.571. The second-order valence-electron chi connectivity index (χ2n) is 5.28. The average Bonchev–Trinajstić information content (AvgIpc) is 2.82. The SMILES string of the molecule is O=c1[nH]c(CN(CCCO)C2CCC2)nc2ccsc12. The summed E-state index contributed by atoms with van der Waals surface area (Å²) >= 11 is 1.42. The predicted octanol–water partition coefficient (Wildman–Crippen LogP) is 1.72. The molecule has 0 atom stereocenters. The van der Waals surface area contributed by atoms with Crippen LogP contribution in [0.25, 0.3) is 10.2 Å². The fourth-order valence-electron chi connectivity index (χ4n) is 2.61. The van der Waals surface area contributed by atoms with E-state index in [0.717, 1.165) is 24.3 Å². The summed E-state index contributed by atoms with van der Waals surface area (Å²) in [5, 5.41) is 10.9. The van der Waals surface area contributed by atoms with Crippen molar-refractivity contribution in [3.05, 3.63) is 27.6 Å². The molecular weight excluding hydrogens is 274 g/mol. The van der Waals surface area contributed by atoms with Crippen molar-refractivity contribution in [1.82, 2.24) is 14.9 Å². The summed E-state index contributed by atoms with van der Waals surface area (Å²) < 4.78 is 0.694. The van der Waals surface area contributed by atoms with E-state index in [4.69, 9.17) is 5.11 Å². The molecule has 0 radical (unpaired) electrons. The van der Waals surface area contributed by atoms with Crippen molar-refractivity contribution < 1.29 is 5.11 Å². The highest BCUT2D eigenvalue weighted by Gasteiger charge is 2.25. The highest BCUT2D eigenvalue weighted by molar-refractivity contribution is 7.17. The van der Waals surface area contributed by atoms with Gasteiger partial charge in [-0.2, -0.15) is 0 Å². The van der Waals surface area contributed by atoms with Gasteiger partial charge in [-0.1, -0.05) is 6.42 Å². The lowest BCUT2D eigenvalue weighted by Gasteiger charge is -2.37. The van der Waals surface area contributed by atoms with Gasteiger partial charge in [-0.05, 0) is 30.7 Å². The molecule has 1 aliphatic carbocycles. The fourth-order valence-corrected chi connectivity index (χ4v) is 3.33. The van der Waals surface area contributed by atoms with Gasteiger partial charge in [0.05, 0.1) is 12.1 Å². The Hall–Kier alpha value is -1.24. The van der Waals surface area contributed by atoms with Crippen LogP contribution < -0.4 is 5.56 Å². The quantitative estimate of drug-likeness (QED) is 0.851. The van der Waals surface area contributed by atoms with Crippen LogP contribution in [0.15, 0.2) is 16.2 Å². The topological polar surface area (TPSA) is 69.2 Å². The number of aliphatic hydroxyl groups excluding tert-OH is 1. The van der Waals surface area contributed by atoms with E-state index in [1.165, 1.54) is 30.6 Å². The number of rotatable bonds is 6. The number of aromatic nitrogens is 2. The Bertz CT molecular complexity index is 633. The number of thiophene rings is 1. The molecule has 0 spiro atoms. The molecule has 0 aliphatic heterocycles. The zero-order chi connectivity index (χ0) is 13.9. The normalized spacial score (nSPS) is 15.9. The maximum absolute atomic E-state index is 12.0. The Morgan fingerprint density at radius 2 is 2.35 bits per heavy atom. The van der Waals surface area contributed by atoms with E-state index in [2.05, 4.69) is 14.9 Å². The van der Waals surface area contributed by atoms with E-state index in [9.17, 15) is 4.79 Å². The van der Waals surface area contributed by atoms with Crippen LogP contribution in [0.3, 0.4) is 0 Å². The van der Waals surface area contributed by atoms with Crippen molar-refractivity contribution in [3.63, 3.8) is 0 Å². The van der Waals surface area contributed by atoms with Crippen LogP contribution in [0.1, 0.15) is 31.5 Å². The van der Waals surface area contributed by atoms with Gasteiger partial charge in [0.2, 0.25) is 0 Å². The Morgan fingerprint density at radius 1 is 1.50 bits per heavy atom. The summed E-state index contributed by atoms with van der Waals surface area (Å²) in [5.41, 5.74) is 0.736. The minimum absolute atomic E-state index is 0.0456. The number of H-pyrrole nitrogens is 1. The molecule has 5 nitrogen and oxygen atoms in total. The van der Waals surface area contributed by atoms with Crippen molar-refractivity contribution in [1.29, 1.82) is 0 Å². The summed E-state index contributed by atoms with van der Waals surface area (Å²) in [6.45, 7) is 1.72. The molecule has 0 unspecified atom stereocenters. The highest BCUT2D eigenvalue weighted by atomic mass is 32.1. The van der Waals surface area contributed by atoms with Gasteiger partial charge in [0, 0.05) is 19.2 Å². The molecule has 6 heteroatoms. The predicted molar refractivity (Wildman–Crippen MR) is 80.0 cm³/mol. The van der Waals surface area contributed by atoms with Crippen molar-refractivity contribution >= 4 is 21.6 Å². The van der Waals surface area contributed by atoms with Crippen LogP contribution in [0.5, 0.6) is 0 Å². The largest absolute Gasteiger partial charge is 0.396 e. The Labute approximate surface area is 121 Å². The second-order valence-corrected chi connectivity index (χ2v) is 6.20. The lowest BCUT2D eigenvalue weighted by molar-refractivity contribution is 0.106. The molecular formula is C14H19N3O2S. The van der Waals surface area contributed by atoms with Gasteiger partial charge in [-0.3, -0.25) is 9.69 Å². The van der Waals surface area contributed by atoms with Crippen LogP contribution in [0, 0.1) is 0 Å². The lowest BCUT2D eigenvalue weighted by Crippen LogP contribution is -2.41. The number of aliphatic hydroxyl groups is 1. The van der Waals surface area contributed by atoms with Gasteiger partial charge in [-0.25, -0.2) is 4.98 Å². The summed E-state index contributed by atoms with van der Waals surface area (Å²) in [4.78, 5) is 21.7. The van der Waals surface area contributed by atoms with Crippen LogP contribution in [-0.2, 0) is 6.54 Å². The molecule has 2 heterocycles. The summed E-state index contributed by atoms with van der Waals surface area (Å²) in [7, 11) is 0. The molecule has 2 aromatic heterocycles. The molecule has 2 aromatic rings. The minimum Gasteiger partial charge on any atom is -0.396 e. The number of nitrogens with zero attached hydrogens (tertiary/aromatic N) is 2. The standard InChI is InChI=1S/C14H19N3O2S/c18-7-2-6-17(10-3-1-4-10)9-12-15-11-5-8-20-13(11)14(19)16-12/h5,8,10,18H,1-4,6-7,9H2,(H,15,16,19). The van der Waals surface area contributed by atoms with Crippen LogP contribution in [0.2, 0.25) is 0 Å². The first-order valence-corrected chi connectivity index (χ1v) is 7.97. The van der Waals surface area contributed by atoms with Crippen molar-refractivity contribution in [2.24, 2.45) is 0 Å². The number of nitrogens with one attached hydrogen (secondary N) is 1. The molecule has 0 amide bonds. The molecule has 1 aliphatic rings. The maximum Gasteiger partial charge on any atom is 0.268 e. The highest BCUT2D eigenvalue weighted by Crippen LogP contribution is 2.26. The van der Waals surface area contributed by atoms with Gasteiger partial charge >= 0.3 is 0 Å². The van der Waals surface area contributed by atoms with Gasteiger partial charge in [-0.15, -0.1) is 11.3 Å². The number of hydrogen-bond donors (Lipinski definition) is 2. The van der Waals surface area contributed by atoms with E-state index in [1.54, 1.807) is 0 Å². The van der Waals surface area contributed by atoms with Gasteiger partial charge in [0.25, 0.3) is 5.56 Å². The third kappa shape index (κ3) is 2.77. The molecule has 1 fully saturated rings. The number of hydrogen-bond acceptors (Lipinski definition) is 5. The summed E-state index contributed by atoms with van der Waals surface area (Å²) in [5.74, 6) is 0.728. The second kappa shape index (κ2) is 6.03.